The Hall–Kier alpha value is -3.35. The zero-order chi connectivity index (χ0) is 17.5. The van der Waals surface area contributed by atoms with Gasteiger partial charge in [0.05, 0.1) is 12.0 Å². The molecule has 0 fully saturated rings. The molecule has 0 heterocycles. The van der Waals surface area contributed by atoms with Gasteiger partial charge in [-0.2, -0.15) is 0 Å². The van der Waals surface area contributed by atoms with Crippen molar-refractivity contribution in [2.24, 2.45) is 0 Å². The first kappa shape index (κ1) is 17.0. The SMILES string of the molecule is COc1cccc(C=CC(=O)O)c1OCc1ccc([N+](=O)[O-])cc1. The van der Waals surface area contributed by atoms with Crippen molar-refractivity contribution in [3.8, 4) is 11.5 Å². The van der Waals surface area contributed by atoms with Crippen LogP contribution < -0.4 is 9.47 Å². The number of non-ortho nitro benzene ring substituents is 1. The normalized spacial score (nSPS) is 10.5. The number of para-hydroxylation sites is 1. The van der Waals surface area contributed by atoms with Gasteiger partial charge in [0.1, 0.15) is 6.61 Å². The minimum Gasteiger partial charge on any atom is -0.493 e. The second-order valence-electron chi connectivity index (χ2n) is 4.76. The van der Waals surface area contributed by atoms with E-state index < -0.39 is 10.9 Å². The maximum Gasteiger partial charge on any atom is 0.328 e. The molecule has 0 aliphatic rings. The van der Waals surface area contributed by atoms with E-state index in [-0.39, 0.29) is 12.3 Å². The summed E-state index contributed by atoms with van der Waals surface area (Å²) in [6.07, 6.45) is 2.42. The van der Waals surface area contributed by atoms with Gasteiger partial charge in [0.25, 0.3) is 5.69 Å². The Balaban J connectivity index is 2.21. The number of methoxy groups -OCH3 is 1. The van der Waals surface area contributed by atoms with E-state index in [0.29, 0.717) is 17.1 Å². The zero-order valence-corrected chi connectivity index (χ0v) is 12.8. The molecule has 0 spiro atoms. The van der Waals surface area contributed by atoms with E-state index in [2.05, 4.69) is 0 Å². The quantitative estimate of drug-likeness (QED) is 0.475. The van der Waals surface area contributed by atoms with Crippen molar-refractivity contribution in [2.45, 2.75) is 6.61 Å². The summed E-state index contributed by atoms with van der Waals surface area (Å²) in [6.45, 7) is 0.159. The summed E-state index contributed by atoms with van der Waals surface area (Å²) in [5.41, 5.74) is 1.29. The van der Waals surface area contributed by atoms with Crippen LogP contribution in [0.15, 0.2) is 48.5 Å². The molecule has 0 aliphatic carbocycles. The van der Waals surface area contributed by atoms with Crippen LogP contribution >= 0.6 is 0 Å². The third kappa shape index (κ3) is 4.33. The fourth-order valence-electron chi connectivity index (χ4n) is 2.01. The first-order valence-electron chi connectivity index (χ1n) is 6.95. The molecule has 0 bridgehead atoms. The molecule has 0 saturated carbocycles. The molecule has 24 heavy (non-hydrogen) atoms. The summed E-state index contributed by atoms with van der Waals surface area (Å²) in [5, 5.41) is 19.4. The van der Waals surface area contributed by atoms with E-state index >= 15 is 0 Å². The fraction of sp³-hybridized carbons (Fsp3) is 0.118. The van der Waals surface area contributed by atoms with Crippen molar-refractivity contribution >= 4 is 17.7 Å². The summed E-state index contributed by atoms with van der Waals surface area (Å²) in [4.78, 5) is 20.9. The molecule has 0 aromatic heterocycles. The maximum absolute atomic E-state index is 10.7. The van der Waals surface area contributed by atoms with Crippen LogP contribution in [0.25, 0.3) is 6.08 Å². The van der Waals surface area contributed by atoms with Gasteiger partial charge in [-0.15, -0.1) is 0 Å². The van der Waals surface area contributed by atoms with Crippen molar-refractivity contribution in [1.82, 2.24) is 0 Å². The number of benzene rings is 2. The highest BCUT2D eigenvalue weighted by atomic mass is 16.6. The Morgan fingerprint density at radius 3 is 2.54 bits per heavy atom. The van der Waals surface area contributed by atoms with Gasteiger partial charge in [-0.3, -0.25) is 10.1 Å². The van der Waals surface area contributed by atoms with Gasteiger partial charge < -0.3 is 14.6 Å². The number of ether oxygens (including phenoxy) is 2. The Kier molecular flexibility index (Phi) is 5.51. The predicted octanol–water partition coefficient (Wildman–Crippen LogP) is 3.28. The number of nitro groups is 1. The van der Waals surface area contributed by atoms with Gasteiger partial charge >= 0.3 is 5.97 Å². The van der Waals surface area contributed by atoms with Crippen LogP contribution in [0.3, 0.4) is 0 Å². The smallest absolute Gasteiger partial charge is 0.328 e. The van der Waals surface area contributed by atoms with Gasteiger partial charge in [-0.05, 0) is 29.8 Å². The number of nitro benzene ring substituents is 1. The van der Waals surface area contributed by atoms with E-state index in [1.807, 2.05) is 0 Å². The topological polar surface area (TPSA) is 98.9 Å². The lowest BCUT2D eigenvalue weighted by Gasteiger charge is -2.13. The second-order valence-corrected chi connectivity index (χ2v) is 4.76. The molecule has 0 amide bonds. The van der Waals surface area contributed by atoms with Gasteiger partial charge in [-0.25, -0.2) is 4.79 Å². The van der Waals surface area contributed by atoms with Gasteiger partial charge in [0.15, 0.2) is 11.5 Å². The second kappa shape index (κ2) is 7.77. The van der Waals surface area contributed by atoms with Crippen LogP contribution in [0.2, 0.25) is 0 Å². The van der Waals surface area contributed by atoms with Crippen LogP contribution in [0.4, 0.5) is 5.69 Å². The molecular weight excluding hydrogens is 314 g/mol. The van der Waals surface area contributed by atoms with Crippen LogP contribution in [-0.4, -0.2) is 23.1 Å². The molecule has 0 atom stereocenters. The Labute approximate surface area is 137 Å². The summed E-state index contributed by atoms with van der Waals surface area (Å²) in [6, 6.07) is 11.1. The van der Waals surface area contributed by atoms with Crippen LogP contribution in [0.1, 0.15) is 11.1 Å². The molecule has 0 unspecified atom stereocenters. The number of carboxylic acid groups (broad SMARTS) is 1. The lowest BCUT2D eigenvalue weighted by Crippen LogP contribution is -2.00. The highest BCUT2D eigenvalue weighted by Gasteiger charge is 2.10. The molecule has 2 rings (SSSR count). The predicted molar refractivity (Wildman–Crippen MR) is 87.1 cm³/mol. The lowest BCUT2D eigenvalue weighted by atomic mass is 10.1. The summed E-state index contributed by atoms with van der Waals surface area (Å²) in [7, 11) is 1.48. The van der Waals surface area contributed by atoms with Crippen molar-refractivity contribution in [3.05, 3.63) is 69.8 Å². The lowest BCUT2D eigenvalue weighted by molar-refractivity contribution is -0.384. The minimum absolute atomic E-state index is 0.00104. The minimum atomic E-state index is -1.07. The molecule has 2 aromatic rings. The first-order chi connectivity index (χ1) is 11.5. The number of hydrogen-bond donors (Lipinski definition) is 1. The van der Waals surface area contributed by atoms with Gasteiger partial charge in [0.2, 0.25) is 0 Å². The third-order valence-corrected chi connectivity index (χ3v) is 3.17. The molecule has 2 aromatic carbocycles. The zero-order valence-electron chi connectivity index (χ0n) is 12.8. The number of carbonyl (C=O) groups is 1. The van der Waals surface area contributed by atoms with Gasteiger partial charge in [-0.1, -0.05) is 12.1 Å². The molecular formula is C17H15NO6. The van der Waals surface area contributed by atoms with E-state index in [1.165, 1.54) is 25.3 Å². The first-order valence-corrected chi connectivity index (χ1v) is 6.95. The summed E-state index contributed by atoms with van der Waals surface area (Å²) < 4.78 is 11.0. The Morgan fingerprint density at radius 1 is 1.25 bits per heavy atom. The number of rotatable bonds is 7. The molecule has 124 valence electrons. The third-order valence-electron chi connectivity index (χ3n) is 3.17. The monoisotopic (exact) mass is 329 g/mol. The fourth-order valence-corrected chi connectivity index (χ4v) is 2.01. The Morgan fingerprint density at radius 2 is 1.96 bits per heavy atom. The van der Waals surface area contributed by atoms with Crippen molar-refractivity contribution in [1.29, 1.82) is 0 Å². The average Bonchev–Trinajstić information content (AvgIpc) is 2.58. The molecule has 0 saturated heterocycles. The van der Waals surface area contributed by atoms with E-state index in [4.69, 9.17) is 14.6 Å². The average molecular weight is 329 g/mol. The van der Waals surface area contributed by atoms with Crippen molar-refractivity contribution in [2.75, 3.05) is 7.11 Å². The highest BCUT2D eigenvalue weighted by molar-refractivity contribution is 5.86. The highest BCUT2D eigenvalue weighted by Crippen LogP contribution is 2.32. The summed E-state index contributed by atoms with van der Waals surface area (Å²) in [5.74, 6) is -0.209. The number of hydrogen-bond acceptors (Lipinski definition) is 5. The summed E-state index contributed by atoms with van der Waals surface area (Å²) >= 11 is 0. The van der Waals surface area contributed by atoms with E-state index in [9.17, 15) is 14.9 Å². The van der Waals surface area contributed by atoms with Crippen LogP contribution in [0.5, 0.6) is 11.5 Å². The molecule has 7 nitrogen and oxygen atoms in total. The van der Waals surface area contributed by atoms with E-state index in [1.54, 1.807) is 30.3 Å². The van der Waals surface area contributed by atoms with Crippen LogP contribution in [0, 0.1) is 10.1 Å². The number of carboxylic acids is 1. The molecule has 7 heteroatoms. The molecule has 1 N–H and O–H groups in total. The number of aliphatic carboxylic acids is 1. The van der Waals surface area contributed by atoms with Crippen molar-refractivity contribution < 1.29 is 24.3 Å². The van der Waals surface area contributed by atoms with Crippen LogP contribution in [-0.2, 0) is 11.4 Å². The Bertz CT molecular complexity index is 767. The van der Waals surface area contributed by atoms with E-state index in [0.717, 1.165) is 11.6 Å². The maximum atomic E-state index is 10.7. The molecule has 0 radical (unpaired) electrons. The van der Waals surface area contributed by atoms with Crippen molar-refractivity contribution in [3.63, 3.8) is 0 Å². The number of nitrogens with zero attached hydrogens (tertiary/aromatic N) is 1. The largest absolute Gasteiger partial charge is 0.493 e. The van der Waals surface area contributed by atoms with Gasteiger partial charge in [0, 0.05) is 23.8 Å². The standard InChI is InChI=1S/C17H15NO6/c1-23-15-4-2-3-13(7-10-16(19)20)17(15)24-11-12-5-8-14(9-6-12)18(21)22/h2-10H,11H2,1H3,(H,19,20). The molecule has 0 aliphatic heterocycles.